The van der Waals surface area contributed by atoms with Crippen molar-refractivity contribution in [1.82, 2.24) is 4.90 Å². The van der Waals surface area contributed by atoms with Crippen LogP contribution in [-0.2, 0) is 0 Å². The monoisotopic (exact) mass is 270 g/mol. The van der Waals surface area contributed by atoms with Crippen LogP contribution in [0.15, 0.2) is 0 Å². The maximum atomic E-state index is 6.23. The molecule has 3 heteroatoms. The standard InChI is InChI=1S/C15H30N2S/c1-2-14-5-3-7-15(13-16,8-6-14)17-9-4-11-18-12-10-17/h14H,2-13,16H2,1H3. The molecule has 1 aliphatic carbocycles. The lowest BCUT2D eigenvalue weighted by Crippen LogP contribution is -2.54. The van der Waals surface area contributed by atoms with Crippen molar-refractivity contribution in [2.75, 3.05) is 31.1 Å². The highest BCUT2D eigenvalue weighted by Gasteiger charge is 2.37. The lowest BCUT2D eigenvalue weighted by molar-refractivity contribution is 0.0853. The molecule has 1 saturated heterocycles. The molecule has 0 aromatic heterocycles. The summed E-state index contributed by atoms with van der Waals surface area (Å²) in [5.74, 6) is 3.60. The zero-order chi connectivity index (χ0) is 12.8. The zero-order valence-corrected chi connectivity index (χ0v) is 12.8. The Morgan fingerprint density at radius 1 is 1.17 bits per heavy atom. The molecule has 0 radical (unpaired) electrons. The lowest BCUT2D eigenvalue weighted by atomic mass is 9.87. The van der Waals surface area contributed by atoms with E-state index in [1.807, 2.05) is 0 Å². The third-order valence-electron chi connectivity index (χ3n) is 5.12. The second kappa shape index (κ2) is 7.16. The van der Waals surface area contributed by atoms with Crippen molar-refractivity contribution in [3.63, 3.8) is 0 Å². The van der Waals surface area contributed by atoms with E-state index in [0.717, 1.165) is 12.5 Å². The Morgan fingerprint density at radius 2 is 2.06 bits per heavy atom. The molecule has 0 amide bonds. The zero-order valence-electron chi connectivity index (χ0n) is 12.0. The Kier molecular flexibility index (Phi) is 5.84. The van der Waals surface area contributed by atoms with Gasteiger partial charge in [0.05, 0.1) is 0 Å². The summed E-state index contributed by atoms with van der Waals surface area (Å²) in [6, 6.07) is 0. The molecule has 2 rings (SSSR count). The normalized spacial score (nSPS) is 36.0. The lowest BCUT2D eigenvalue weighted by Gasteiger charge is -2.43. The molecule has 2 aliphatic rings. The molecule has 1 saturated carbocycles. The first-order valence-electron chi connectivity index (χ1n) is 7.83. The van der Waals surface area contributed by atoms with Gasteiger partial charge in [0.1, 0.15) is 0 Å². The van der Waals surface area contributed by atoms with E-state index in [0.29, 0.717) is 5.54 Å². The summed E-state index contributed by atoms with van der Waals surface area (Å²) in [4.78, 5) is 2.76. The third kappa shape index (κ3) is 3.43. The SMILES string of the molecule is CCC1CCCC(CN)(N2CCCSCC2)CC1. The van der Waals surface area contributed by atoms with Crippen molar-refractivity contribution in [3.8, 4) is 0 Å². The number of nitrogens with two attached hydrogens (primary N) is 1. The number of rotatable bonds is 3. The van der Waals surface area contributed by atoms with E-state index < -0.39 is 0 Å². The number of hydrogen-bond acceptors (Lipinski definition) is 3. The molecule has 2 atom stereocenters. The van der Waals surface area contributed by atoms with Crippen LogP contribution in [-0.4, -0.2) is 41.6 Å². The quantitative estimate of drug-likeness (QED) is 0.799. The van der Waals surface area contributed by atoms with Crippen molar-refractivity contribution in [3.05, 3.63) is 0 Å². The predicted molar refractivity (Wildman–Crippen MR) is 82.2 cm³/mol. The van der Waals surface area contributed by atoms with Gasteiger partial charge in [0, 0.05) is 24.4 Å². The van der Waals surface area contributed by atoms with Crippen LogP contribution in [0.4, 0.5) is 0 Å². The van der Waals surface area contributed by atoms with Crippen LogP contribution < -0.4 is 5.73 Å². The highest BCUT2D eigenvalue weighted by atomic mass is 32.2. The molecular weight excluding hydrogens is 240 g/mol. The minimum atomic E-state index is 0.342. The molecule has 0 bridgehead atoms. The smallest absolute Gasteiger partial charge is 0.0332 e. The van der Waals surface area contributed by atoms with Crippen molar-refractivity contribution in [2.45, 2.75) is 57.4 Å². The van der Waals surface area contributed by atoms with Crippen LogP contribution in [0.3, 0.4) is 0 Å². The summed E-state index contributed by atoms with van der Waals surface area (Å²) in [5.41, 5.74) is 6.57. The molecule has 0 spiro atoms. The van der Waals surface area contributed by atoms with Gasteiger partial charge in [0.15, 0.2) is 0 Å². The molecule has 1 heterocycles. The van der Waals surface area contributed by atoms with Gasteiger partial charge >= 0.3 is 0 Å². The molecule has 2 unspecified atom stereocenters. The van der Waals surface area contributed by atoms with Crippen molar-refractivity contribution < 1.29 is 0 Å². The van der Waals surface area contributed by atoms with Crippen LogP contribution in [0.2, 0.25) is 0 Å². The molecule has 0 aromatic carbocycles. The van der Waals surface area contributed by atoms with Gasteiger partial charge in [-0.3, -0.25) is 4.90 Å². The van der Waals surface area contributed by atoms with Crippen LogP contribution >= 0.6 is 11.8 Å². The van der Waals surface area contributed by atoms with Gasteiger partial charge in [0.2, 0.25) is 0 Å². The molecule has 2 nitrogen and oxygen atoms in total. The minimum Gasteiger partial charge on any atom is -0.329 e. The topological polar surface area (TPSA) is 29.3 Å². The summed E-state index contributed by atoms with van der Waals surface area (Å²) in [6.45, 7) is 5.76. The van der Waals surface area contributed by atoms with Crippen LogP contribution in [0.5, 0.6) is 0 Å². The van der Waals surface area contributed by atoms with E-state index in [1.54, 1.807) is 0 Å². The summed E-state index contributed by atoms with van der Waals surface area (Å²) in [6.07, 6.45) is 9.61. The Labute approximate surface area is 117 Å². The van der Waals surface area contributed by atoms with E-state index in [4.69, 9.17) is 5.73 Å². The van der Waals surface area contributed by atoms with Crippen molar-refractivity contribution in [1.29, 1.82) is 0 Å². The maximum absolute atomic E-state index is 6.23. The van der Waals surface area contributed by atoms with Gasteiger partial charge in [0.25, 0.3) is 0 Å². The largest absolute Gasteiger partial charge is 0.329 e. The molecule has 1 aliphatic heterocycles. The van der Waals surface area contributed by atoms with Crippen molar-refractivity contribution in [2.24, 2.45) is 11.7 Å². The van der Waals surface area contributed by atoms with E-state index in [1.165, 1.54) is 69.5 Å². The van der Waals surface area contributed by atoms with Crippen molar-refractivity contribution >= 4 is 11.8 Å². The van der Waals surface area contributed by atoms with E-state index in [-0.39, 0.29) is 0 Å². The molecule has 2 N–H and O–H groups in total. The highest BCUT2D eigenvalue weighted by Crippen LogP contribution is 2.36. The van der Waals surface area contributed by atoms with Gasteiger partial charge in [-0.2, -0.15) is 11.8 Å². The highest BCUT2D eigenvalue weighted by molar-refractivity contribution is 7.99. The molecule has 18 heavy (non-hydrogen) atoms. The first-order valence-corrected chi connectivity index (χ1v) is 8.99. The first kappa shape index (κ1) is 14.7. The van der Waals surface area contributed by atoms with Gasteiger partial charge in [-0.15, -0.1) is 0 Å². The average Bonchev–Trinajstić information content (AvgIpc) is 2.79. The van der Waals surface area contributed by atoms with Gasteiger partial charge in [-0.1, -0.05) is 26.2 Å². The first-order chi connectivity index (χ1) is 8.80. The summed E-state index contributed by atoms with van der Waals surface area (Å²) in [5, 5.41) is 0. The minimum absolute atomic E-state index is 0.342. The Balaban J connectivity index is 2.03. The second-order valence-corrected chi connectivity index (χ2v) is 7.31. The van der Waals surface area contributed by atoms with E-state index in [9.17, 15) is 0 Å². The predicted octanol–water partition coefficient (Wildman–Crippen LogP) is 3.11. The fourth-order valence-corrected chi connectivity index (χ4v) is 4.63. The van der Waals surface area contributed by atoms with Gasteiger partial charge in [-0.25, -0.2) is 0 Å². The van der Waals surface area contributed by atoms with Gasteiger partial charge < -0.3 is 5.73 Å². The van der Waals surface area contributed by atoms with E-state index in [2.05, 4.69) is 23.6 Å². The average molecular weight is 270 g/mol. The summed E-state index contributed by atoms with van der Waals surface area (Å²) < 4.78 is 0. The fraction of sp³-hybridized carbons (Fsp3) is 1.00. The molecular formula is C15H30N2S. The van der Waals surface area contributed by atoms with Gasteiger partial charge in [-0.05, 0) is 43.9 Å². The number of hydrogen-bond donors (Lipinski definition) is 1. The maximum Gasteiger partial charge on any atom is 0.0332 e. The molecule has 0 aromatic rings. The van der Waals surface area contributed by atoms with Crippen LogP contribution in [0.1, 0.15) is 51.9 Å². The summed E-state index contributed by atoms with van der Waals surface area (Å²) in [7, 11) is 0. The Bertz CT molecular complexity index is 239. The Morgan fingerprint density at radius 3 is 2.83 bits per heavy atom. The van der Waals surface area contributed by atoms with Crippen LogP contribution in [0, 0.1) is 5.92 Å². The van der Waals surface area contributed by atoms with E-state index >= 15 is 0 Å². The summed E-state index contributed by atoms with van der Waals surface area (Å²) >= 11 is 2.12. The number of nitrogens with zero attached hydrogens (tertiary/aromatic N) is 1. The third-order valence-corrected chi connectivity index (χ3v) is 6.17. The second-order valence-electron chi connectivity index (χ2n) is 6.09. The Hall–Kier alpha value is 0.270. The van der Waals surface area contributed by atoms with Crippen LogP contribution in [0.25, 0.3) is 0 Å². The fourth-order valence-electron chi connectivity index (χ4n) is 3.74. The molecule has 2 fully saturated rings. The number of thioether (sulfide) groups is 1. The molecule has 106 valence electrons.